The second kappa shape index (κ2) is 7.79. The fourth-order valence-electron chi connectivity index (χ4n) is 2.80. The van der Waals surface area contributed by atoms with Crippen LogP contribution in [0.15, 0.2) is 57.7 Å². The molecule has 3 rings (SSSR count). The largest absolute Gasteiger partial charge is 0.514 e. The van der Waals surface area contributed by atoms with Gasteiger partial charge in [0.05, 0.1) is 7.11 Å². The Hall–Kier alpha value is -3.61. The van der Waals surface area contributed by atoms with Gasteiger partial charge in [-0.1, -0.05) is 30.3 Å². The summed E-state index contributed by atoms with van der Waals surface area (Å²) in [5.41, 5.74) is -0.588. The normalized spacial score (nSPS) is 11.2. The fourth-order valence-corrected chi connectivity index (χ4v) is 2.80. The smallest absolute Gasteiger partial charge is 0.465 e. The molecule has 0 radical (unpaired) electrons. The van der Waals surface area contributed by atoms with Crippen molar-refractivity contribution < 1.29 is 28.2 Å². The SMILES string of the molecule is COC(=O)c1c(-c2ccccc2)c2cc(OC(=O)OC(C)(C)C)ccc2oc1=O. The molecule has 7 nitrogen and oxygen atoms in total. The summed E-state index contributed by atoms with van der Waals surface area (Å²) in [5.74, 6) is -0.647. The summed E-state index contributed by atoms with van der Waals surface area (Å²) in [5, 5.41) is 0.414. The summed E-state index contributed by atoms with van der Waals surface area (Å²) in [6, 6.07) is 13.3. The second-order valence-electron chi connectivity index (χ2n) is 7.22. The van der Waals surface area contributed by atoms with E-state index in [2.05, 4.69) is 0 Å². The molecule has 0 fully saturated rings. The summed E-state index contributed by atoms with van der Waals surface area (Å²) < 4.78 is 20.5. The number of hydrogen-bond acceptors (Lipinski definition) is 7. The van der Waals surface area contributed by atoms with Gasteiger partial charge in [-0.25, -0.2) is 14.4 Å². The number of methoxy groups -OCH3 is 1. The van der Waals surface area contributed by atoms with Crippen LogP contribution in [0.4, 0.5) is 4.79 Å². The molecule has 3 aromatic rings. The van der Waals surface area contributed by atoms with Crippen molar-refractivity contribution >= 4 is 23.1 Å². The van der Waals surface area contributed by atoms with Crippen LogP contribution in [0, 0.1) is 0 Å². The third-order valence-corrected chi connectivity index (χ3v) is 3.92. The zero-order valence-corrected chi connectivity index (χ0v) is 16.5. The molecule has 0 aliphatic heterocycles. The van der Waals surface area contributed by atoms with Crippen LogP contribution in [0.5, 0.6) is 5.75 Å². The minimum Gasteiger partial charge on any atom is -0.465 e. The maximum absolute atomic E-state index is 12.5. The molecule has 0 bridgehead atoms. The molecule has 0 atom stereocenters. The highest BCUT2D eigenvalue weighted by Gasteiger charge is 2.24. The van der Waals surface area contributed by atoms with Gasteiger partial charge in [0.1, 0.15) is 16.9 Å². The van der Waals surface area contributed by atoms with E-state index in [0.29, 0.717) is 16.5 Å². The van der Waals surface area contributed by atoms with Gasteiger partial charge in [0.15, 0.2) is 5.56 Å². The van der Waals surface area contributed by atoms with E-state index in [1.54, 1.807) is 45.0 Å². The van der Waals surface area contributed by atoms with Gasteiger partial charge < -0.3 is 18.6 Å². The van der Waals surface area contributed by atoms with Gasteiger partial charge in [-0.2, -0.15) is 0 Å². The predicted molar refractivity (Wildman–Crippen MR) is 106 cm³/mol. The summed E-state index contributed by atoms with van der Waals surface area (Å²) in [6.45, 7) is 5.17. The van der Waals surface area contributed by atoms with E-state index in [-0.39, 0.29) is 16.9 Å². The molecule has 0 aliphatic carbocycles. The number of carbonyl (C=O) groups is 2. The van der Waals surface area contributed by atoms with Crippen molar-refractivity contribution in [3.05, 3.63) is 64.5 Å². The molecule has 7 heteroatoms. The second-order valence-corrected chi connectivity index (χ2v) is 7.22. The average molecular weight is 396 g/mol. The molecule has 0 saturated heterocycles. The summed E-state index contributed by atoms with van der Waals surface area (Å²) in [6.07, 6.45) is -0.872. The van der Waals surface area contributed by atoms with Gasteiger partial charge >= 0.3 is 17.8 Å². The van der Waals surface area contributed by atoms with Crippen molar-refractivity contribution in [2.75, 3.05) is 7.11 Å². The molecule has 0 spiro atoms. The van der Waals surface area contributed by atoms with Crippen LogP contribution in [-0.4, -0.2) is 24.8 Å². The summed E-state index contributed by atoms with van der Waals surface area (Å²) in [4.78, 5) is 36.8. The van der Waals surface area contributed by atoms with Crippen molar-refractivity contribution in [2.24, 2.45) is 0 Å². The van der Waals surface area contributed by atoms with E-state index >= 15 is 0 Å². The molecule has 0 N–H and O–H groups in total. The lowest BCUT2D eigenvalue weighted by Gasteiger charge is -2.18. The van der Waals surface area contributed by atoms with Crippen LogP contribution in [-0.2, 0) is 9.47 Å². The number of ether oxygens (including phenoxy) is 3. The third kappa shape index (κ3) is 4.45. The number of benzene rings is 2. The van der Waals surface area contributed by atoms with Gasteiger partial charge in [-0.3, -0.25) is 0 Å². The van der Waals surface area contributed by atoms with Crippen molar-refractivity contribution in [3.8, 4) is 16.9 Å². The zero-order valence-electron chi connectivity index (χ0n) is 16.5. The Morgan fingerprint density at radius 3 is 2.31 bits per heavy atom. The van der Waals surface area contributed by atoms with Crippen LogP contribution >= 0.6 is 0 Å². The Morgan fingerprint density at radius 1 is 1.00 bits per heavy atom. The van der Waals surface area contributed by atoms with E-state index in [1.807, 2.05) is 6.07 Å². The molecule has 1 heterocycles. The van der Waals surface area contributed by atoms with Crippen LogP contribution in [0.1, 0.15) is 31.1 Å². The number of rotatable bonds is 3. The molecule has 2 aromatic carbocycles. The first-order valence-corrected chi connectivity index (χ1v) is 8.85. The molecule has 29 heavy (non-hydrogen) atoms. The van der Waals surface area contributed by atoms with E-state index in [9.17, 15) is 14.4 Å². The first-order valence-electron chi connectivity index (χ1n) is 8.85. The van der Waals surface area contributed by atoms with E-state index in [4.69, 9.17) is 18.6 Å². The van der Waals surface area contributed by atoms with Crippen molar-refractivity contribution in [2.45, 2.75) is 26.4 Å². The Kier molecular flexibility index (Phi) is 5.41. The first-order chi connectivity index (χ1) is 13.7. The van der Waals surface area contributed by atoms with Crippen LogP contribution in [0.3, 0.4) is 0 Å². The van der Waals surface area contributed by atoms with Gasteiger partial charge in [-0.15, -0.1) is 0 Å². The third-order valence-electron chi connectivity index (χ3n) is 3.92. The number of fused-ring (bicyclic) bond motifs is 1. The van der Waals surface area contributed by atoms with Crippen LogP contribution in [0.2, 0.25) is 0 Å². The monoisotopic (exact) mass is 396 g/mol. The summed E-state index contributed by atoms with van der Waals surface area (Å²) in [7, 11) is 1.18. The average Bonchev–Trinajstić information content (AvgIpc) is 2.65. The highest BCUT2D eigenvalue weighted by atomic mass is 16.7. The number of hydrogen-bond donors (Lipinski definition) is 0. The zero-order chi connectivity index (χ0) is 21.2. The molecule has 0 unspecified atom stereocenters. The van der Waals surface area contributed by atoms with Gasteiger partial charge in [0.25, 0.3) is 0 Å². The fraction of sp³-hybridized carbons (Fsp3) is 0.227. The van der Waals surface area contributed by atoms with E-state index < -0.39 is 23.4 Å². The minimum absolute atomic E-state index is 0.175. The number of esters is 1. The molecular formula is C22H20O7. The minimum atomic E-state index is -0.872. The molecule has 150 valence electrons. The Labute approximate surface area is 166 Å². The maximum atomic E-state index is 12.5. The molecule has 0 aliphatic rings. The van der Waals surface area contributed by atoms with Crippen LogP contribution < -0.4 is 10.4 Å². The first kappa shape index (κ1) is 20.1. The van der Waals surface area contributed by atoms with Gasteiger partial charge in [0.2, 0.25) is 0 Å². The molecule has 1 aromatic heterocycles. The lowest BCUT2D eigenvalue weighted by Crippen LogP contribution is -2.26. The van der Waals surface area contributed by atoms with Crippen molar-refractivity contribution in [1.82, 2.24) is 0 Å². The quantitative estimate of drug-likeness (QED) is 0.364. The molecular weight excluding hydrogens is 376 g/mol. The topological polar surface area (TPSA) is 92.0 Å². The summed E-state index contributed by atoms with van der Waals surface area (Å²) >= 11 is 0. The Bertz CT molecular complexity index is 1120. The van der Waals surface area contributed by atoms with Gasteiger partial charge in [0, 0.05) is 10.9 Å². The molecule has 0 saturated carbocycles. The molecule has 0 amide bonds. The highest BCUT2D eigenvalue weighted by Crippen LogP contribution is 2.33. The van der Waals surface area contributed by atoms with Crippen LogP contribution in [0.25, 0.3) is 22.1 Å². The predicted octanol–water partition coefficient (Wildman–Crippen LogP) is 4.56. The highest BCUT2D eigenvalue weighted by molar-refractivity contribution is 6.06. The Morgan fingerprint density at radius 2 is 1.69 bits per heavy atom. The Balaban J connectivity index is 2.20. The van der Waals surface area contributed by atoms with Gasteiger partial charge in [-0.05, 0) is 44.5 Å². The van der Waals surface area contributed by atoms with Crippen molar-refractivity contribution in [1.29, 1.82) is 0 Å². The maximum Gasteiger partial charge on any atom is 0.514 e. The lowest BCUT2D eigenvalue weighted by atomic mass is 9.97. The number of carbonyl (C=O) groups excluding carboxylic acids is 2. The standard InChI is InChI=1S/C22H20O7/c1-22(2,3)29-21(25)27-14-10-11-16-15(12-14)17(13-8-6-5-7-9-13)18(19(23)26-4)20(24)28-16/h5-12H,1-4H3. The van der Waals surface area contributed by atoms with Crippen molar-refractivity contribution in [3.63, 3.8) is 0 Å². The van der Waals surface area contributed by atoms with E-state index in [1.165, 1.54) is 25.3 Å². The lowest BCUT2D eigenvalue weighted by molar-refractivity contribution is 0.0206. The van der Waals surface area contributed by atoms with E-state index in [0.717, 1.165) is 0 Å².